The Morgan fingerprint density at radius 3 is 2.46 bits per heavy atom. The minimum absolute atomic E-state index is 0.120. The molecule has 0 aromatic rings. The Balaban J connectivity index is 2.63. The molecule has 1 aliphatic heterocycles. The predicted molar refractivity (Wildman–Crippen MR) is 47.2 cm³/mol. The summed E-state index contributed by atoms with van der Waals surface area (Å²) in [5.74, 6) is -0.700. The molecule has 0 aliphatic carbocycles. The second kappa shape index (κ2) is 3.92. The van der Waals surface area contributed by atoms with Gasteiger partial charge >= 0.3 is 0 Å². The zero-order chi connectivity index (χ0) is 10.1. The third kappa shape index (κ3) is 2.40. The zero-order valence-electron chi connectivity index (χ0n) is 8.36. The van der Waals surface area contributed by atoms with Gasteiger partial charge in [-0.1, -0.05) is 6.92 Å². The van der Waals surface area contributed by atoms with Gasteiger partial charge in [0.1, 0.15) is 12.2 Å². The molecule has 0 amide bonds. The van der Waals surface area contributed by atoms with Gasteiger partial charge in [-0.15, -0.1) is 0 Å². The molecule has 3 atom stereocenters. The van der Waals surface area contributed by atoms with Gasteiger partial charge in [-0.25, -0.2) is 0 Å². The highest BCUT2D eigenvalue weighted by Gasteiger charge is 2.43. The highest BCUT2D eigenvalue weighted by atomic mass is 16.8. The van der Waals surface area contributed by atoms with E-state index in [2.05, 4.69) is 0 Å². The van der Waals surface area contributed by atoms with Gasteiger partial charge in [0.05, 0.1) is 12.7 Å². The van der Waals surface area contributed by atoms with Crippen molar-refractivity contribution in [3.8, 4) is 0 Å². The van der Waals surface area contributed by atoms with E-state index < -0.39 is 24.1 Å². The fourth-order valence-electron chi connectivity index (χ4n) is 1.56. The largest absolute Gasteiger partial charge is 0.394 e. The van der Waals surface area contributed by atoms with E-state index in [1.54, 1.807) is 13.8 Å². The fraction of sp³-hybridized carbons (Fsp3) is 1.00. The van der Waals surface area contributed by atoms with Crippen molar-refractivity contribution < 1.29 is 19.7 Å². The van der Waals surface area contributed by atoms with Crippen molar-refractivity contribution >= 4 is 0 Å². The lowest BCUT2D eigenvalue weighted by Crippen LogP contribution is -2.36. The summed E-state index contributed by atoms with van der Waals surface area (Å²) >= 11 is 0. The maximum Gasteiger partial charge on any atom is 0.164 e. The van der Waals surface area contributed by atoms with Crippen molar-refractivity contribution in [2.75, 3.05) is 6.61 Å². The first-order valence-electron chi connectivity index (χ1n) is 4.64. The van der Waals surface area contributed by atoms with Gasteiger partial charge < -0.3 is 19.7 Å². The maximum atomic E-state index is 9.58. The molecule has 4 heteroatoms. The van der Waals surface area contributed by atoms with Crippen molar-refractivity contribution in [1.29, 1.82) is 0 Å². The molecule has 1 rings (SSSR count). The van der Waals surface area contributed by atoms with E-state index in [1.165, 1.54) is 0 Å². The molecular formula is C9H18O4. The van der Waals surface area contributed by atoms with E-state index in [0.717, 1.165) is 0 Å². The fourth-order valence-corrected chi connectivity index (χ4v) is 1.56. The molecular weight excluding hydrogens is 172 g/mol. The third-order valence-corrected chi connectivity index (χ3v) is 2.20. The highest BCUT2D eigenvalue weighted by Crippen LogP contribution is 2.30. The summed E-state index contributed by atoms with van der Waals surface area (Å²) in [6, 6.07) is 0. The van der Waals surface area contributed by atoms with Gasteiger partial charge in [0.25, 0.3) is 0 Å². The molecule has 13 heavy (non-hydrogen) atoms. The molecule has 1 heterocycles. The van der Waals surface area contributed by atoms with Crippen LogP contribution in [0, 0.1) is 0 Å². The number of hydrogen-bond acceptors (Lipinski definition) is 4. The minimum atomic E-state index is -0.700. The van der Waals surface area contributed by atoms with Gasteiger partial charge in [-0.3, -0.25) is 0 Å². The number of rotatable bonds is 3. The quantitative estimate of drug-likeness (QED) is 0.670. The molecule has 0 spiro atoms. The Bertz CT molecular complexity index is 169. The lowest BCUT2D eigenvalue weighted by atomic mass is 10.1. The van der Waals surface area contributed by atoms with Crippen LogP contribution in [0.5, 0.6) is 0 Å². The summed E-state index contributed by atoms with van der Waals surface area (Å²) < 4.78 is 10.9. The van der Waals surface area contributed by atoms with Crippen LogP contribution in [0.2, 0.25) is 0 Å². The molecule has 2 unspecified atom stereocenters. The summed E-state index contributed by atoms with van der Waals surface area (Å²) in [5, 5.41) is 18.6. The first kappa shape index (κ1) is 10.9. The van der Waals surface area contributed by atoms with E-state index >= 15 is 0 Å². The first-order chi connectivity index (χ1) is 6.00. The van der Waals surface area contributed by atoms with Crippen molar-refractivity contribution in [3.05, 3.63) is 0 Å². The SMILES string of the molecule is CC[C@H](O)C1OC(C)(C)OC1CO. The normalized spacial score (nSPS) is 34.8. The molecule has 0 aromatic heterocycles. The minimum Gasteiger partial charge on any atom is -0.394 e. The number of aliphatic hydroxyl groups is 2. The van der Waals surface area contributed by atoms with Crippen molar-refractivity contribution in [2.24, 2.45) is 0 Å². The molecule has 4 nitrogen and oxygen atoms in total. The average Bonchev–Trinajstić information content (AvgIpc) is 2.39. The van der Waals surface area contributed by atoms with Crippen LogP contribution in [0.1, 0.15) is 27.2 Å². The Kier molecular flexibility index (Phi) is 3.29. The van der Waals surface area contributed by atoms with Gasteiger partial charge in [0.15, 0.2) is 5.79 Å². The molecule has 2 N–H and O–H groups in total. The third-order valence-electron chi connectivity index (χ3n) is 2.20. The van der Waals surface area contributed by atoms with Crippen LogP contribution in [0.25, 0.3) is 0 Å². The highest BCUT2D eigenvalue weighted by molar-refractivity contribution is 4.85. The van der Waals surface area contributed by atoms with Gasteiger partial charge in [0, 0.05) is 0 Å². The molecule has 0 aromatic carbocycles. The number of ether oxygens (including phenoxy) is 2. The standard InChI is InChI=1S/C9H18O4/c1-4-6(11)8-7(5-10)12-9(2,3)13-8/h6-8,10-11H,4-5H2,1-3H3/t6-,7?,8?/m0/s1. The Hall–Kier alpha value is -0.160. The number of aliphatic hydroxyl groups excluding tert-OH is 2. The average molecular weight is 190 g/mol. The van der Waals surface area contributed by atoms with Crippen LogP contribution in [0.15, 0.2) is 0 Å². The summed E-state index contributed by atoms with van der Waals surface area (Å²) in [6.45, 7) is 5.30. The molecule has 0 bridgehead atoms. The monoisotopic (exact) mass is 190 g/mol. The smallest absolute Gasteiger partial charge is 0.164 e. The lowest BCUT2D eigenvalue weighted by molar-refractivity contribution is -0.156. The maximum absolute atomic E-state index is 9.58. The summed E-state index contributed by atoms with van der Waals surface area (Å²) in [6.07, 6.45) is -0.797. The first-order valence-corrected chi connectivity index (χ1v) is 4.64. The molecule has 1 saturated heterocycles. The summed E-state index contributed by atoms with van der Waals surface area (Å²) in [7, 11) is 0. The van der Waals surface area contributed by atoms with Crippen LogP contribution in [0.4, 0.5) is 0 Å². The molecule has 1 aliphatic rings. The van der Waals surface area contributed by atoms with E-state index in [1.807, 2.05) is 6.92 Å². The molecule has 1 fully saturated rings. The Labute approximate surface area is 78.5 Å². The zero-order valence-corrected chi connectivity index (χ0v) is 8.36. The van der Waals surface area contributed by atoms with Gasteiger partial charge in [0.2, 0.25) is 0 Å². The van der Waals surface area contributed by atoms with Crippen LogP contribution in [-0.4, -0.2) is 40.9 Å². The van der Waals surface area contributed by atoms with Crippen LogP contribution < -0.4 is 0 Å². The van der Waals surface area contributed by atoms with Gasteiger partial charge in [-0.2, -0.15) is 0 Å². The Morgan fingerprint density at radius 2 is 2.00 bits per heavy atom. The van der Waals surface area contributed by atoms with Crippen molar-refractivity contribution in [2.45, 2.75) is 51.3 Å². The van der Waals surface area contributed by atoms with E-state index in [4.69, 9.17) is 14.6 Å². The van der Waals surface area contributed by atoms with E-state index in [-0.39, 0.29) is 6.61 Å². The lowest BCUT2D eigenvalue weighted by Gasteiger charge is -2.20. The van der Waals surface area contributed by atoms with Gasteiger partial charge in [-0.05, 0) is 20.3 Å². The van der Waals surface area contributed by atoms with Crippen molar-refractivity contribution in [3.63, 3.8) is 0 Å². The number of hydrogen-bond donors (Lipinski definition) is 2. The van der Waals surface area contributed by atoms with E-state index in [0.29, 0.717) is 6.42 Å². The van der Waals surface area contributed by atoms with Crippen LogP contribution in [0.3, 0.4) is 0 Å². The summed E-state index contributed by atoms with van der Waals surface area (Å²) in [4.78, 5) is 0. The summed E-state index contributed by atoms with van der Waals surface area (Å²) in [5.41, 5.74) is 0. The Morgan fingerprint density at radius 1 is 1.38 bits per heavy atom. The predicted octanol–water partition coefficient (Wildman–Crippen LogP) is 0.270. The van der Waals surface area contributed by atoms with Crippen molar-refractivity contribution in [1.82, 2.24) is 0 Å². The van der Waals surface area contributed by atoms with E-state index in [9.17, 15) is 5.11 Å². The topological polar surface area (TPSA) is 58.9 Å². The molecule has 0 saturated carbocycles. The molecule has 0 radical (unpaired) electrons. The van der Waals surface area contributed by atoms with Crippen LogP contribution >= 0.6 is 0 Å². The second-order valence-corrected chi connectivity index (χ2v) is 3.80. The van der Waals surface area contributed by atoms with Crippen LogP contribution in [-0.2, 0) is 9.47 Å². The molecule has 78 valence electrons. The second-order valence-electron chi connectivity index (χ2n) is 3.80.